The first-order valence-corrected chi connectivity index (χ1v) is 7.56. The number of nitro groups is 2. The summed E-state index contributed by atoms with van der Waals surface area (Å²) in [7, 11) is -4.30. The maximum Gasteiger partial charge on any atom is 0.339 e. The molecule has 2 aromatic rings. The Hall–Kier alpha value is -3.01. The summed E-state index contributed by atoms with van der Waals surface area (Å²) in [5.74, 6) is -0.551. The number of nitro benzene ring substituents is 2. The molecule has 23 heavy (non-hydrogen) atoms. The Labute approximate surface area is 130 Å². The van der Waals surface area contributed by atoms with Gasteiger partial charge in [0.15, 0.2) is 0 Å². The zero-order chi connectivity index (χ0) is 17.2. The first-order valence-electron chi connectivity index (χ1n) is 6.15. The molecule has 0 unspecified atom stereocenters. The van der Waals surface area contributed by atoms with Crippen molar-refractivity contribution in [2.24, 2.45) is 0 Å². The van der Waals surface area contributed by atoms with Crippen molar-refractivity contribution >= 4 is 21.5 Å². The number of benzene rings is 2. The summed E-state index contributed by atoms with van der Waals surface area (Å²) in [5, 5.41) is 21.8. The lowest BCUT2D eigenvalue weighted by Crippen LogP contribution is -2.12. The van der Waals surface area contributed by atoms with Crippen molar-refractivity contribution in [1.82, 2.24) is 0 Å². The van der Waals surface area contributed by atoms with Gasteiger partial charge in [0, 0.05) is 11.6 Å². The average Bonchev–Trinajstić information content (AvgIpc) is 2.49. The Bertz CT molecular complexity index is 879. The second-order valence-corrected chi connectivity index (χ2v) is 6.02. The van der Waals surface area contributed by atoms with Crippen molar-refractivity contribution in [2.45, 2.75) is 11.8 Å². The zero-order valence-corrected chi connectivity index (χ0v) is 12.5. The van der Waals surface area contributed by atoms with Gasteiger partial charge in [0.2, 0.25) is 5.75 Å². The Morgan fingerprint density at radius 1 is 1.00 bits per heavy atom. The molecule has 0 amide bonds. The summed E-state index contributed by atoms with van der Waals surface area (Å²) >= 11 is 0. The lowest BCUT2D eigenvalue weighted by atomic mass is 10.1. The topological polar surface area (TPSA) is 130 Å². The van der Waals surface area contributed by atoms with E-state index < -0.39 is 37.1 Å². The van der Waals surface area contributed by atoms with Crippen LogP contribution in [0, 0.1) is 27.2 Å². The van der Waals surface area contributed by atoms with Crippen molar-refractivity contribution in [3.05, 3.63) is 68.3 Å². The highest BCUT2D eigenvalue weighted by Crippen LogP contribution is 2.36. The van der Waals surface area contributed by atoms with Crippen molar-refractivity contribution < 1.29 is 22.4 Å². The smallest absolute Gasteiger partial charge is 0.339 e. The first-order chi connectivity index (χ1) is 10.7. The van der Waals surface area contributed by atoms with Crippen molar-refractivity contribution in [1.29, 1.82) is 0 Å². The van der Waals surface area contributed by atoms with E-state index in [-0.39, 0.29) is 10.5 Å². The predicted octanol–water partition coefficient (Wildman–Crippen LogP) is 2.58. The van der Waals surface area contributed by atoms with Gasteiger partial charge < -0.3 is 4.18 Å². The van der Waals surface area contributed by atoms with Crippen LogP contribution in [-0.2, 0) is 10.1 Å². The van der Waals surface area contributed by atoms with E-state index in [1.165, 1.54) is 31.2 Å². The highest BCUT2D eigenvalue weighted by atomic mass is 32.2. The van der Waals surface area contributed by atoms with Crippen LogP contribution in [0.4, 0.5) is 11.4 Å². The SMILES string of the molecule is Cc1cc([N+](=O)[O-])cc([N+](=O)[O-])c1OS(=O)(=O)c1ccccc1. The van der Waals surface area contributed by atoms with Crippen LogP contribution >= 0.6 is 0 Å². The van der Waals surface area contributed by atoms with Crippen LogP contribution in [0.2, 0.25) is 0 Å². The van der Waals surface area contributed by atoms with Crippen molar-refractivity contribution in [3.63, 3.8) is 0 Å². The molecule has 9 nitrogen and oxygen atoms in total. The van der Waals surface area contributed by atoms with Gasteiger partial charge in [0.05, 0.1) is 15.9 Å². The fourth-order valence-electron chi connectivity index (χ4n) is 1.83. The van der Waals surface area contributed by atoms with E-state index in [1.807, 2.05) is 0 Å². The molecule has 0 atom stereocenters. The molecule has 0 spiro atoms. The normalized spacial score (nSPS) is 11.0. The summed E-state index contributed by atoms with van der Waals surface area (Å²) in [6.07, 6.45) is 0. The van der Waals surface area contributed by atoms with Crippen LogP contribution < -0.4 is 4.18 Å². The zero-order valence-electron chi connectivity index (χ0n) is 11.7. The molecule has 0 N–H and O–H groups in total. The largest absolute Gasteiger partial charge is 0.371 e. The molecule has 10 heteroatoms. The summed E-state index contributed by atoms with van der Waals surface area (Å²) in [5.41, 5.74) is -1.36. The Balaban J connectivity index is 2.56. The molecule has 0 heterocycles. The minimum atomic E-state index is -4.30. The maximum atomic E-state index is 12.2. The van der Waals surface area contributed by atoms with Crippen LogP contribution in [0.25, 0.3) is 0 Å². The van der Waals surface area contributed by atoms with E-state index in [0.29, 0.717) is 6.07 Å². The van der Waals surface area contributed by atoms with E-state index in [2.05, 4.69) is 0 Å². The quantitative estimate of drug-likeness (QED) is 0.465. The molecule has 0 radical (unpaired) electrons. The van der Waals surface area contributed by atoms with Gasteiger partial charge in [0.1, 0.15) is 4.90 Å². The molecule has 0 aromatic heterocycles. The van der Waals surface area contributed by atoms with Gasteiger partial charge in [0.25, 0.3) is 5.69 Å². The van der Waals surface area contributed by atoms with E-state index >= 15 is 0 Å². The number of non-ortho nitro benzene ring substituents is 1. The second-order valence-electron chi connectivity index (χ2n) is 4.48. The van der Waals surface area contributed by atoms with Crippen LogP contribution in [0.1, 0.15) is 5.56 Å². The summed E-state index contributed by atoms with van der Waals surface area (Å²) in [6.45, 7) is 1.29. The molecule has 0 saturated heterocycles. The fraction of sp³-hybridized carbons (Fsp3) is 0.0769. The molecular weight excluding hydrogens is 328 g/mol. The third-order valence-electron chi connectivity index (χ3n) is 2.87. The highest BCUT2D eigenvalue weighted by Gasteiger charge is 2.28. The Morgan fingerprint density at radius 3 is 2.13 bits per heavy atom. The molecule has 2 rings (SSSR count). The average molecular weight is 338 g/mol. The van der Waals surface area contributed by atoms with Gasteiger partial charge in [-0.2, -0.15) is 8.42 Å². The molecule has 120 valence electrons. The minimum Gasteiger partial charge on any atom is -0.371 e. The van der Waals surface area contributed by atoms with E-state index in [1.54, 1.807) is 6.07 Å². The predicted molar refractivity (Wildman–Crippen MR) is 78.7 cm³/mol. The molecule has 0 bridgehead atoms. The summed E-state index contributed by atoms with van der Waals surface area (Å²) in [4.78, 5) is 19.9. The molecule has 0 aliphatic carbocycles. The van der Waals surface area contributed by atoms with Crippen molar-refractivity contribution in [2.75, 3.05) is 0 Å². The van der Waals surface area contributed by atoms with Gasteiger partial charge >= 0.3 is 15.8 Å². The molecule has 2 aromatic carbocycles. The van der Waals surface area contributed by atoms with Gasteiger partial charge in [-0.15, -0.1) is 0 Å². The molecule has 0 fully saturated rings. The summed E-state index contributed by atoms with van der Waals surface area (Å²) in [6, 6.07) is 8.72. The van der Waals surface area contributed by atoms with Gasteiger partial charge in [-0.3, -0.25) is 20.2 Å². The minimum absolute atomic E-state index is 0.0367. The van der Waals surface area contributed by atoms with Crippen molar-refractivity contribution in [3.8, 4) is 5.75 Å². The van der Waals surface area contributed by atoms with E-state index in [0.717, 1.165) is 6.07 Å². The molecular formula is C13H10N2O7S. The molecule has 0 aliphatic heterocycles. The number of hydrogen-bond acceptors (Lipinski definition) is 7. The molecule has 0 saturated carbocycles. The monoisotopic (exact) mass is 338 g/mol. The number of hydrogen-bond donors (Lipinski definition) is 0. The van der Waals surface area contributed by atoms with Gasteiger partial charge in [-0.25, -0.2) is 0 Å². The van der Waals surface area contributed by atoms with Crippen LogP contribution in [0.3, 0.4) is 0 Å². The van der Waals surface area contributed by atoms with Gasteiger partial charge in [-0.05, 0) is 19.1 Å². The van der Waals surface area contributed by atoms with Crippen LogP contribution in [0.15, 0.2) is 47.4 Å². The highest BCUT2D eigenvalue weighted by molar-refractivity contribution is 7.87. The third kappa shape index (κ3) is 3.43. The lowest BCUT2D eigenvalue weighted by molar-refractivity contribution is -0.394. The van der Waals surface area contributed by atoms with E-state index in [4.69, 9.17) is 4.18 Å². The van der Waals surface area contributed by atoms with Gasteiger partial charge in [-0.1, -0.05) is 18.2 Å². The Morgan fingerprint density at radius 2 is 1.61 bits per heavy atom. The third-order valence-corrected chi connectivity index (χ3v) is 4.11. The Kier molecular flexibility index (Phi) is 4.27. The van der Waals surface area contributed by atoms with E-state index in [9.17, 15) is 28.6 Å². The lowest BCUT2D eigenvalue weighted by Gasteiger charge is -2.09. The van der Waals surface area contributed by atoms with Crippen LogP contribution in [-0.4, -0.2) is 18.3 Å². The number of rotatable bonds is 5. The first kappa shape index (κ1) is 16.4. The van der Waals surface area contributed by atoms with Crippen LogP contribution in [0.5, 0.6) is 5.75 Å². The fourth-order valence-corrected chi connectivity index (χ4v) is 2.85. The second kappa shape index (κ2) is 6.01. The summed E-state index contributed by atoms with van der Waals surface area (Å²) < 4.78 is 29.2. The molecule has 0 aliphatic rings. The standard InChI is InChI=1S/C13H10N2O7S/c1-9-7-10(14(16)17)8-12(15(18)19)13(9)22-23(20,21)11-5-3-2-4-6-11/h2-8H,1H3. The maximum absolute atomic E-state index is 12.2. The number of aryl methyl sites for hydroxylation is 1. The number of nitrogens with zero attached hydrogens (tertiary/aromatic N) is 2.